The highest BCUT2D eigenvalue weighted by Crippen LogP contribution is 2.30. The quantitative estimate of drug-likeness (QED) is 0.691. The zero-order chi connectivity index (χ0) is 22.7. The Bertz CT molecular complexity index is 1040. The fourth-order valence-electron chi connectivity index (χ4n) is 4.06. The Labute approximate surface area is 187 Å². The van der Waals surface area contributed by atoms with Crippen LogP contribution in [-0.4, -0.2) is 67.8 Å². The topological polar surface area (TPSA) is 99.4 Å². The molecule has 0 unspecified atom stereocenters. The minimum atomic E-state index is -0.322. The Balaban J connectivity index is 1.50. The summed E-state index contributed by atoms with van der Waals surface area (Å²) < 4.78 is 11.1. The number of aryl methyl sites for hydroxylation is 1. The SMILES string of the molecule is COc1cccc(C(=O)N/N=C2\CCCc3oc(C(=O)NN4CCN(C)CC4)c(C)c32)c1. The molecule has 170 valence electrons. The molecule has 1 aromatic carbocycles. The fourth-order valence-corrected chi connectivity index (χ4v) is 4.06. The summed E-state index contributed by atoms with van der Waals surface area (Å²) in [4.78, 5) is 27.6. The Kier molecular flexibility index (Phi) is 6.57. The van der Waals surface area contributed by atoms with Crippen LogP contribution < -0.4 is 15.6 Å². The number of rotatable bonds is 5. The van der Waals surface area contributed by atoms with E-state index in [0.717, 1.165) is 61.6 Å². The maximum atomic E-state index is 12.9. The molecule has 1 aliphatic carbocycles. The molecule has 2 N–H and O–H groups in total. The van der Waals surface area contributed by atoms with Crippen LogP contribution in [0.4, 0.5) is 0 Å². The van der Waals surface area contributed by atoms with Crippen molar-refractivity contribution in [2.24, 2.45) is 5.10 Å². The molecule has 0 spiro atoms. The number of amides is 2. The molecule has 4 rings (SSSR count). The average Bonchev–Trinajstić information content (AvgIpc) is 3.16. The van der Waals surface area contributed by atoms with Gasteiger partial charge in [-0.1, -0.05) is 6.07 Å². The van der Waals surface area contributed by atoms with Gasteiger partial charge in [-0.15, -0.1) is 0 Å². The summed E-state index contributed by atoms with van der Waals surface area (Å²) in [6.07, 6.45) is 2.28. The first-order chi connectivity index (χ1) is 15.5. The number of carbonyl (C=O) groups is 2. The van der Waals surface area contributed by atoms with Gasteiger partial charge in [-0.05, 0) is 45.0 Å². The van der Waals surface area contributed by atoms with Crippen molar-refractivity contribution >= 4 is 17.5 Å². The Morgan fingerprint density at radius 1 is 1.12 bits per heavy atom. The maximum absolute atomic E-state index is 12.9. The standard InChI is InChI=1S/C23H29N5O4/c1-15-20-18(24-25-22(29)16-6-4-7-17(14-16)31-3)8-5-9-19(20)32-21(15)23(30)26-28-12-10-27(2)11-13-28/h4,6-7,14H,5,8-13H2,1-3H3,(H,25,29)(H,26,30)/b24-18+. The molecule has 9 heteroatoms. The van der Waals surface area contributed by atoms with Gasteiger partial charge < -0.3 is 14.1 Å². The van der Waals surface area contributed by atoms with E-state index in [0.29, 0.717) is 23.5 Å². The number of hydrogen-bond acceptors (Lipinski definition) is 7. The summed E-state index contributed by atoms with van der Waals surface area (Å²) in [5, 5.41) is 6.31. The van der Waals surface area contributed by atoms with Crippen molar-refractivity contribution in [1.82, 2.24) is 20.8 Å². The number of methoxy groups -OCH3 is 1. The lowest BCUT2D eigenvalue weighted by molar-refractivity contribution is 0.0634. The second-order valence-electron chi connectivity index (χ2n) is 8.17. The second-order valence-corrected chi connectivity index (χ2v) is 8.17. The van der Waals surface area contributed by atoms with E-state index in [1.54, 1.807) is 31.4 Å². The number of piperazine rings is 1. The van der Waals surface area contributed by atoms with Crippen LogP contribution in [0.25, 0.3) is 0 Å². The summed E-state index contributed by atoms with van der Waals surface area (Å²) in [5.74, 6) is 1.08. The molecule has 0 radical (unpaired) electrons. The van der Waals surface area contributed by atoms with E-state index >= 15 is 0 Å². The van der Waals surface area contributed by atoms with E-state index in [-0.39, 0.29) is 11.8 Å². The first-order valence-corrected chi connectivity index (χ1v) is 10.8. The Hall–Kier alpha value is -3.17. The number of carbonyl (C=O) groups excluding carboxylic acids is 2. The lowest BCUT2D eigenvalue weighted by atomic mass is 9.93. The van der Waals surface area contributed by atoms with Crippen molar-refractivity contribution in [2.45, 2.75) is 26.2 Å². The van der Waals surface area contributed by atoms with Gasteiger partial charge in [0.25, 0.3) is 5.91 Å². The molecule has 0 saturated carbocycles. The first-order valence-electron chi connectivity index (χ1n) is 10.8. The number of hydrazone groups is 1. The lowest BCUT2D eigenvalue weighted by Gasteiger charge is -2.32. The monoisotopic (exact) mass is 439 g/mol. The van der Waals surface area contributed by atoms with Gasteiger partial charge in [0.1, 0.15) is 11.5 Å². The normalized spacial score (nSPS) is 18.3. The van der Waals surface area contributed by atoms with E-state index in [1.807, 2.05) is 11.9 Å². The molecule has 1 aromatic heterocycles. The molecular weight excluding hydrogens is 410 g/mol. The molecule has 32 heavy (non-hydrogen) atoms. The van der Waals surface area contributed by atoms with Crippen LogP contribution in [0.15, 0.2) is 33.8 Å². The first kappa shape index (κ1) is 22.0. The smallest absolute Gasteiger partial charge is 0.301 e. The zero-order valence-electron chi connectivity index (χ0n) is 18.7. The Morgan fingerprint density at radius 2 is 1.91 bits per heavy atom. The summed E-state index contributed by atoms with van der Waals surface area (Å²) in [7, 11) is 3.62. The van der Waals surface area contributed by atoms with Crippen LogP contribution in [-0.2, 0) is 6.42 Å². The van der Waals surface area contributed by atoms with Gasteiger partial charge in [0.2, 0.25) is 0 Å². The van der Waals surface area contributed by atoms with Gasteiger partial charge >= 0.3 is 5.91 Å². The summed E-state index contributed by atoms with van der Waals surface area (Å²) in [5.41, 5.74) is 8.35. The minimum Gasteiger partial charge on any atom is -0.497 e. The molecule has 0 atom stereocenters. The number of fused-ring (bicyclic) bond motifs is 1. The van der Waals surface area contributed by atoms with E-state index in [2.05, 4.69) is 27.9 Å². The number of hydrazine groups is 1. The molecule has 2 heterocycles. The van der Waals surface area contributed by atoms with Crippen LogP contribution >= 0.6 is 0 Å². The van der Waals surface area contributed by atoms with Crippen molar-refractivity contribution in [3.63, 3.8) is 0 Å². The van der Waals surface area contributed by atoms with Crippen molar-refractivity contribution in [2.75, 3.05) is 40.3 Å². The fraction of sp³-hybridized carbons (Fsp3) is 0.435. The van der Waals surface area contributed by atoms with Crippen molar-refractivity contribution < 1.29 is 18.7 Å². The third-order valence-electron chi connectivity index (χ3n) is 5.92. The van der Waals surface area contributed by atoms with Crippen LogP contribution in [0.3, 0.4) is 0 Å². The van der Waals surface area contributed by atoms with Crippen molar-refractivity contribution in [3.05, 3.63) is 52.5 Å². The van der Waals surface area contributed by atoms with E-state index in [4.69, 9.17) is 9.15 Å². The van der Waals surface area contributed by atoms with Gasteiger partial charge in [0.05, 0.1) is 12.8 Å². The number of furan rings is 1. The number of likely N-dealkylation sites (N-methyl/N-ethyl adjacent to an activating group) is 1. The number of hydrogen-bond donors (Lipinski definition) is 2. The Morgan fingerprint density at radius 3 is 2.66 bits per heavy atom. The molecule has 2 aromatic rings. The minimum absolute atomic E-state index is 0.249. The van der Waals surface area contributed by atoms with E-state index in [9.17, 15) is 9.59 Å². The maximum Gasteiger partial charge on any atom is 0.301 e. The molecule has 2 aliphatic rings. The number of nitrogens with zero attached hydrogens (tertiary/aromatic N) is 3. The third-order valence-corrected chi connectivity index (χ3v) is 5.92. The summed E-state index contributed by atoms with van der Waals surface area (Å²) in [6.45, 7) is 5.21. The van der Waals surface area contributed by atoms with Gasteiger partial charge in [-0.2, -0.15) is 5.10 Å². The van der Waals surface area contributed by atoms with Gasteiger partial charge in [-0.25, -0.2) is 10.4 Å². The largest absolute Gasteiger partial charge is 0.497 e. The molecule has 2 amide bonds. The van der Waals surface area contributed by atoms with Crippen LogP contribution in [0.2, 0.25) is 0 Å². The third kappa shape index (κ3) is 4.68. The number of benzene rings is 1. The second kappa shape index (κ2) is 9.54. The molecule has 1 saturated heterocycles. The number of nitrogens with one attached hydrogen (secondary N) is 2. The zero-order valence-corrected chi connectivity index (χ0v) is 18.7. The highest BCUT2D eigenvalue weighted by atomic mass is 16.5. The average molecular weight is 440 g/mol. The molecule has 0 bridgehead atoms. The molecule has 9 nitrogen and oxygen atoms in total. The van der Waals surface area contributed by atoms with Crippen LogP contribution in [0.5, 0.6) is 5.75 Å². The molecular formula is C23H29N5O4. The predicted molar refractivity (Wildman–Crippen MR) is 120 cm³/mol. The highest BCUT2D eigenvalue weighted by molar-refractivity contribution is 6.07. The van der Waals surface area contributed by atoms with Crippen molar-refractivity contribution in [3.8, 4) is 5.75 Å². The van der Waals surface area contributed by atoms with Gasteiger partial charge in [0.15, 0.2) is 5.76 Å². The molecule has 1 fully saturated rings. The van der Waals surface area contributed by atoms with Gasteiger partial charge in [-0.3, -0.25) is 15.0 Å². The number of ether oxygens (including phenoxy) is 1. The lowest BCUT2D eigenvalue weighted by Crippen LogP contribution is -2.52. The van der Waals surface area contributed by atoms with Gasteiger partial charge in [0, 0.05) is 49.3 Å². The molecule has 1 aliphatic heterocycles. The van der Waals surface area contributed by atoms with Crippen LogP contribution in [0.1, 0.15) is 50.6 Å². The summed E-state index contributed by atoms with van der Waals surface area (Å²) >= 11 is 0. The summed E-state index contributed by atoms with van der Waals surface area (Å²) in [6, 6.07) is 6.89. The van der Waals surface area contributed by atoms with E-state index < -0.39 is 0 Å². The highest BCUT2D eigenvalue weighted by Gasteiger charge is 2.29. The predicted octanol–water partition coefficient (Wildman–Crippen LogP) is 1.96. The van der Waals surface area contributed by atoms with Crippen molar-refractivity contribution in [1.29, 1.82) is 0 Å². The van der Waals surface area contributed by atoms with E-state index in [1.165, 1.54) is 0 Å². The van der Waals surface area contributed by atoms with Crippen LogP contribution in [0, 0.1) is 6.92 Å².